The smallest absolute Gasteiger partial charge is 0.211 e. The third-order valence-electron chi connectivity index (χ3n) is 1.09. The van der Waals surface area contributed by atoms with Crippen molar-refractivity contribution in [1.29, 1.82) is 0 Å². The van der Waals surface area contributed by atoms with E-state index in [1.54, 1.807) is 17.7 Å². The number of nitrogens with zero attached hydrogens (tertiary/aromatic N) is 1. The van der Waals surface area contributed by atoms with E-state index in [2.05, 4.69) is 17.0 Å². The van der Waals surface area contributed by atoms with Gasteiger partial charge in [-0.15, -0.1) is 0 Å². The molecular formula is C7H17N2OPS2. The molecule has 0 aromatic carbocycles. The maximum atomic E-state index is 5.50. The molecule has 0 aliphatic rings. The van der Waals surface area contributed by atoms with E-state index in [0.29, 0.717) is 6.61 Å². The largest absolute Gasteiger partial charge is 0.327 e. The van der Waals surface area contributed by atoms with Crippen LogP contribution >= 0.6 is 17.0 Å². The first-order chi connectivity index (χ1) is 6.18. The number of hydrogen-bond donors (Lipinski definition) is 1. The Morgan fingerprint density at radius 2 is 2.23 bits per heavy atom. The second-order valence-corrected chi connectivity index (χ2v) is 8.99. The van der Waals surface area contributed by atoms with Crippen molar-refractivity contribution in [3.63, 3.8) is 0 Å². The van der Waals surface area contributed by atoms with Crippen molar-refractivity contribution in [2.24, 2.45) is 4.99 Å². The Morgan fingerprint density at radius 3 is 2.69 bits per heavy atom. The van der Waals surface area contributed by atoms with Crippen LogP contribution in [0.3, 0.4) is 0 Å². The van der Waals surface area contributed by atoms with Crippen LogP contribution in [-0.2, 0) is 16.3 Å². The minimum atomic E-state index is -1.90. The topological polar surface area (TPSA) is 33.6 Å². The lowest BCUT2D eigenvalue weighted by atomic mass is 10.8. The molecule has 0 bridgehead atoms. The summed E-state index contributed by atoms with van der Waals surface area (Å²) in [5, 5.41) is 3.07. The Balaban J connectivity index is 4.07. The van der Waals surface area contributed by atoms with E-state index in [-0.39, 0.29) is 0 Å². The van der Waals surface area contributed by atoms with Gasteiger partial charge in [0.25, 0.3) is 0 Å². The molecule has 3 nitrogen and oxygen atoms in total. The summed E-state index contributed by atoms with van der Waals surface area (Å²) in [6, 6.07) is 0. The number of nitrogens with one attached hydrogen (secondary N) is 1. The molecular weight excluding hydrogens is 223 g/mol. The van der Waals surface area contributed by atoms with Crippen LogP contribution in [0, 0.1) is 0 Å². The van der Waals surface area contributed by atoms with Crippen molar-refractivity contribution < 1.29 is 4.52 Å². The zero-order chi connectivity index (χ0) is 10.2. The fourth-order valence-electron chi connectivity index (χ4n) is 0.655. The summed E-state index contributed by atoms with van der Waals surface area (Å²) < 4.78 is 5.50. The van der Waals surface area contributed by atoms with Gasteiger partial charge in [0.1, 0.15) is 0 Å². The molecule has 0 aromatic rings. The minimum absolute atomic E-state index is 0.650. The highest BCUT2D eigenvalue weighted by atomic mass is 32.9. The first-order valence-electron chi connectivity index (χ1n) is 4.33. The maximum absolute atomic E-state index is 5.50. The van der Waals surface area contributed by atoms with Crippen LogP contribution in [-0.4, -0.2) is 25.2 Å². The van der Waals surface area contributed by atoms with Crippen LogP contribution < -0.4 is 5.09 Å². The van der Waals surface area contributed by atoms with Gasteiger partial charge in [-0.25, -0.2) is 0 Å². The molecule has 0 aliphatic heterocycles. The van der Waals surface area contributed by atoms with Crippen LogP contribution in [0.2, 0.25) is 0 Å². The van der Waals surface area contributed by atoms with Crippen molar-refractivity contribution in [2.75, 3.05) is 18.9 Å². The number of hydrogen-bond acceptors (Lipinski definition) is 4. The highest BCUT2D eigenvalue weighted by Crippen LogP contribution is 2.55. The van der Waals surface area contributed by atoms with E-state index in [9.17, 15) is 0 Å². The standard InChI is InChI=1S/C7H17N2OPS2/c1-4-8-7-9-11(12,10-5-2)13-6-3/h7H,4-6H2,1-3H3,(H,8,9,12). The molecule has 1 unspecified atom stereocenters. The van der Waals surface area contributed by atoms with Gasteiger partial charge in [0, 0.05) is 6.54 Å². The van der Waals surface area contributed by atoms with Crippen LogP contribution in [0.5, 0.6) is 0 Å². The molecule has 0 radical (unpaired) electrons. The van der Waals surface area contributed by atoms with Gasteiger partial charge in [-0.1, -0.05) is 18.3 Å². The second kappa shape index (κ2) is 7.80. The summed E-state index contributed by atoms with van der Waals surface area (Å²) >= 11 is 7.02. The molecule has 0 aromatic heterocycles. The van der Waals surface area contributed by atoms with Gasteiger partial charge in [-0.3, -0.25) is 4.99 Å². The van der Waals surface area contributed by atoms with Crippen LogP contribution in [0.15, 0.2) is 4.99 Å². The van der Waals surface area contributed by atoms with Gasteiger partial charge in [0.2, 0.25) is 5.62 Å². The van der Waals surface area contributed by atoms with Gasteiger partial charge >= 0.3 is 0 Å². The lowest BCUT2D eigenvalue weighted by Crippen LogP contribution is -2.08. The summed E-state index contributed by atoms with van der Waals surface area (Å²) in [4.78, 5) is 4.05. The fourth-order valence-corrected chi connectivity index (χ4v) is 5.11. The zero-order valence-corrected chi connectivity index (χ0v) is 10.8. The average molecular weight is 240 g/mol. The lowest BCUT2D eigenvalue weighted by molar-refractivity contribution is 0.383. The summed E-state index contributed by atoms with van der Waals surface area (Å²) in [6.07, 6.45) is 1.67. The van der Waals surface area contributed by atoms with Crippen LogP contribution in [0.1, 0.15) is 20.8 Å². The molecule has 78 valence electrons. The molecule has 13 heavy (non-hydrogen) atoms. The van der Waals surface area contributed by atoms with Crippen molar-refractivity contribution in [3.8, 4) is 0 Å². The third kappa shape index (κ3) is 6.49. The molecule has 0 aliphatic carbocycles. The van der Waals surface area contributed by atoms with Crippen molar-refractivity contribution in [1.82, 2.24) is 5.09 Å². The van der Waals surface area contributed by atoms with Gasteiger partial charge in [0.15, 0.2) is 0 Å². The van der Waals surface area contributed by atoms with Crippen LogP contribution in [0.25, 0.3) is 0 Å². The number of rotatable bonds is 7. The highest BCUT2D eigenvalue weighted by Gasteiger charge is 2.14. The molecule has 6 heteroatoms. The van der Waals surface area contributed by atoms with Gasteiger partial charge in [-0.05, 0) is 31.4 Å². The van der Waals surface area contributed by atoms with Crippen molar-refractivity contribution in [2.45, 2.75) is 20.8 Å². The zero-order valence-electron chi connectivity index (χ0n) is 8.32. The Bertz CT molecular complexity index is 189. The number of aliphatic imine (C=N–C) groups is 1. The molecule has 0 amide bonds. The average Bonchev–Trinajstić information content (AvgIpc) is 2.05. The minimum Gasteiger partial charge on any atom is -0.327 e. The molecule has 0 heterocycles. The second-order valence-electron chi connectivity index (χ2n) is 2.09. The molecule has 1 atom stereocenters. The fraction of sp³-hybridized carbons (Fsp3) is 0.857. The quantitative estimate of drug-likeness (QED) is 0.421. The van der Waals surface area contributed by atoms with Crippen LogP contribution in [0.4, 0.5) is 0 Å². The van der Waals surface area contributed by atoms with Gasteiger partial charge in [0.05, 0.1) is 12.9 Å². The summed E-state index contributed by atoms with van der Waals surface area (Å²) in [5.74, 6) is 0.963. The van der Waals surface area contributed by atoms with E-state index < -0.39 is 5.62 Å². The molecule has 0 saturated carbocycles. The van der Waals surface area contributed by atoms with E-state index in [0.717, 1.165) is 12.3 Å². The first kappa shape index (κ1) is 13.4. The van der Waals surface area contributed by atoms with E-state index in [1.165, 1.54) is 0 Å². The molecule has 0 rings (SSSR count). The predicted molar refractivity (Wildman–Crippen MR) is 66.2 cm³/mol. The monoisotopic (exact) mass is 240 g/mol. The normalized spacial score (nSPS) is 15.9. The Morgan fingerprint density at radius 1 is 1.54 bits per heavy atom. The van der Waals surface area contributed by atoms with Crippen molar-refractivity contribution >= 4 is 35.1 Å². The van der Waals surface area contributed by atoms with E-state index in [4.69, 9.17) is 16.3 Å². The lowest BCUT2D eigenvalue weighted by Gasteiger charge is -2.19. The van der Waals surface area contributed by atoms with Gasteiger partial charge in [-0.2, -0.15) is 0 Å². The summed E-state index contributed by atoms with van der Waals surface area (Å²) in [6.45, 7) is 7.43. The summed E-state index contributed by atoms with van der Waals surface area (Å²) in [5.41, 5.74) is -1.90. The van der Waals surface area contributed by atoms with Gasteiger partial charge < -0.3 is 9.61 Å². The Labute approximate surface area is 89.6 Å². The molecule has 0 fully saturated rings. The highest BCUT2D eigenvalue weighted by molar-refractivity contribution is 8.68. The Kier molecular flexibility index (Phi) is 8.06. The molecule has 0 saturated heterocycles. The SMILES string of the molecule is CCN=CNP(=S)(OCC)SCC. The maximum Gasteiger partial charge on any atom is 0.211 e. The molecule has 0 spiro atoms. The Hall–Kier alpha value is 0.430. The van der Waals surface area contributed by atoms with E-state index in [1.807, 2.05) is 13.8 Å². The van der Waals surface area contributed by atoms with E-state index >= 15 is 0 Å². The predicted octanol–water partition coefficient (Wildman–Crippen LogP) is 2.64. The van der Waals surface area contributed by atoms with Crippen molar-refractivity contribution in [3.05, 3.63) is 0 Å². The first-order valence-corrected chi connectivity index (χ1v) is 8.64. The third-order valence-corrected chi connectivity index (χ3v) is 6.72. The summed E-state index contributed by atoms with van der Waals surface area (Å²) in [7, 11) is 0. The molecule has 1 N–H and O–H groups in total.